The summed E-state index contributed by atoms with van der Waals surface area (Å²) < 4.78 is 0.796. The van der Waals surface area contributed by atoms with E-state index in [2.05, 4.69) is 59.0 Å². The van der Waals surface area contributed by atoms with E-state index < -0.39 is 12.0 Å². The number of rotatable bonds is 5. The van der Waals surface area contributed by atoms with Crippen molar-refractivity contribution in [3.63, 3.8) is 0 Å². The molecule has 0 spiro atoms. The molecule has 5 rings (SSSR count). The van der Waals surface area contributed by atoms with Gasteiger partial charge in [-0.1, -0.05) is 66.2 Å². The van der Waals surface area contributed by atoms with Crippen LogP contribution in [0.4, 0.5) is 0 Å². The third-order valence-corrected chi connectivity index (χ3v) is 7.80. The molecule has 2 aromatic carbocycles. The first kappa shape index (κ1) is 23.9. The third-order valence-electron chi connectivity index (χ3n) is 7.31. The summed E-state index contributed by atoms with van der Waals surface area (Å²) in [6.45, 7) is 4.98. The second-order valence-electron chi connectivity index (χ2n) is 10.0. The number of benzene rings is 2. The number of aromatic amines is 1. The Morgan fingerprint density at radius 2 is 1.89 bits per heavy atom. The number of amides is 1. The van der Waals surface area contributed by atoms with E-state index in [9.17, 15) is 14.7 Å². The van der Waals surface area contributed by atoms with Gasteiger partial charge in [0, 0.05) is 11.0 Å². The zero-order valence-electron chi connectivity index (χ0n) is 20.1. The van der Waals surface area contributed by atoms with Gasteiger partial charge in [-0.15, -0.1) is 0 Å². The maximum absolute atomic E-state index is 13.3. The predicted octanol–water partition coefficient (Wildman–Crippen LogP) is 4.74. The number of carbonyl (C=O) groups excluding carboxylic acids is 1. The molecule has 1 amide bonds. The van der Waals surface area contributed by atoms with Crippen LogP contribution in [0.3, 0.4) is 0 Å². The van der Waals surface area contributed by atoms with Crippen LogP contribution in [0, 0.1) is 0 Å². The molecule has 2 heterocycles. The highest BCUT2D eigenvalue weighted by Gasteiger charge is 2.49. The summed E-state index contributed by atoms with van der Waals surface area (Å²) in [6.07, 6.45) is 1.96. The van der Waals surface area contributed by atoms with Gasteiger partial charge in [0.1, 0.15) is 5.82 Å². The molecule has 1 aromatic heterocycles. The van der Waals surface area contributed by atoms with Crippen LogP contribution in [-0.4, -0.2) is 32.4 Å². The lowest BCUT2D eigenvalue weighted by molar-refractivity contribution is -0.141. The fraction of sp³-hybridized carbons (Fsp3) is 0.393. The molecule has 2 N–H and O–H groups in total. The molecule has 0 radical (unpaired) electrons. The number of hydrogen-bond acceptors (Lipinski definition) is 4. The lowest BCUT2D eigenvalue weighted by atomic mass is 9.90. The van der Waals surface area contributed by atoms with Crippen LogP contribution in [0.25, 0.3) is 0 Å². The van der Waals surface area contributed by atoms with Crippen molar-refractivity contribution in [2.24, 2.45) is 0 Å². The van der Waals surface area contributed by atoms with Crippen molar-refractivity contribution in [2.75, 3.05) is 6.54 Å². The van der Waals surface area contributed by atoms with Crippen molar-refractivity contribution in [2.45, 2.75) is 63.5 Å². The van der Waals surface area contributed by atoms with Crippen LogP contribution in [-0.2, 0) is 23.2 Å². The number of aromatic nitrogens is 2. The molecule has 0 unspecified atom stereocenters. The first-order chi connectivity index (χ1) is 16.8. The number of aliphatic hydroxyl groups excluding tert-OH is 1. The summed E-state index contributed by atoms with van der Waals surface area (Å²) in [5, 5.41) is 10.7. The molecular formula is C28H30BrN3O3. The van der Waals surface area contributed by atoms with Crippen molar-refractivity contribution in [3.8, 4) is 0 Å². The maximum atomic E-state index is 13.3. The Bertz CT molecular complexity index is 1330. The zero-order valence-corrected chi connectivity index (χ0v) is 21.6. The Labute approximate surface area is 213 Å². The Balaban J connectivity index is 1.43. The van der Waals surface area contributed by atoms with Gasteiger partial charge in [0.2, 0.25) is 0 Å². The number of hydrogen-bond donors (Lipinski definition) is 2. The molecule has 2 aliphatic rings. The largest absolute Gasteiger partial charge is 0.378 e. The van der Waals surface area contributed by atoms with Crippen molar-refractivity contribution in [1.29, 1.82) is 0 Å². The highest BCUT2D eigenvalue weighted by molar-refractivity contribution is 9.10. The monoisotopic (exact) mass is 535 g/mol. The molecule has 7 heteroatoms. The molecule has 0 saturated heterocycles. The summed E-state index contributed by atoms with van der Waals surface area (Å²) >= 11 is 3.38. The van der Waals surface area contributed by atoms with Crippen molar-refractivity contribution >= 4 is 21.8 Å². The van der Waals surface area contributed by atoms with Crippen molar-refractivity contribution in [3.05, 3.63) is 97.1 Å². The summed E-state index contributed by atoms with van der Waals surface area (Å²) in [6, 6.07) is 15.7. The molecule has 1 aliphatic carbocycles. The molecule has 1 aliphatic heterocycles. The van der Waals surface area contributed by atoms with Crippen LogP contribution < -0.4 is 5.56 Å². The number of halogens is 1. The summed E-state index contributed by atoms with van der Waals surface area (Å²) in [5.41, 5.74) is 3.87. The Morgan fingerprint density at radius 1 is 1.14 bits per heavy atom. The first-order valence-electron chi connectivity index (χ1n) is 12.2. The molecule has 182 valence electrons. The number of fused-ring (bicyclic) bond motifs is 1. The standard InChI is InChI=1S/C28H30BrN3O3/c1-17(2)18-6-3-8-20(14-18)28(11-12-28)27-30-23-10-5-13-32(16-22(23)25(34)31-27)26(35)24(33)19-7-4-9-21(29)15-19/h3-4,6-9,14-15,17,24,33H,5,10-13,16H2,1-2H3,(H,30,31,34)/t24-/m1/s1. The number of aryl methyl sites for hydroxylation is 1. The third kappa shape index (κ3) is 4.59. The molecule has 35 heavy (non-hydrogen) atoms. The van der Waals surface area contributed by atoms with Crippen LogP contribution in [0.2, 0.25) is 0 Å². The van der Waals surface area contributed by atoms with E-state index in [-0.39, 0.29) is 17.5 Å². The van der Waals surface area contributed by atoms with E-state index in [1.807, 2.05) is 6.07 Å². The second kappa shape index (κ2) is 9.36. The topological polar surface area (TPSA) is 86.3 Å². The average Bonchev–Trinajstić information content (AvgIpc) is 3.68. The molecule has 6 nitrogen and oxygen atoms in total. The quantitative estimate of drug-likeness (QED) is 0.493. The molecule has 1 saturated carbocycles. The molecule has 3 aromatic rings. The minimum Gasteiger partial charge on any atom is -0.378 e. The van der Waals surface area contributed by atoms with Crippen LogP contribution >= 0.6 is 15.9 Å². The van der Waals surface area contributed by atoms with Gasteiger partial charge in [-0.2, -0.15) is 0 Å². The predicted molar refractivity (Wildman–Crippen MR) is 138 cm³/mol. The van der Waals surface area contributed by atoms with Gasteiger partial charge < -0.3 is 15.0 Å². The van der Waals surface area contributed by atoms with Gasteiger partial charge in [-0.3, -0.25) is 9.59 Å². The summed E-state index contributed by atoms with van der Waals surface area (Å²) in [4.78, 5) is 36.0. The molecule has 1 fully saturated rings. The highest BCUT2D eigenvalue weighted by Crippen LogP contribution is 2.52. The summed E-state index contributed by atoms with van der Waals surface area (Å²) in [7, 11) is 0. The molecule has 0 bridgehead atoms. The van der Waals surface area contributed by atoms with E-state index >= 15 is 0 Å². The Kier molecular flexibility index (Phi) is 6.40. The SMILES string of the molecule is CC(C)c1cccc(C2(c3nc4c(c(=O)[nH]3)CN(C(=O)[C@H](O)c3cccc(Br)c3)CCC4)CC2)c1. The van der Waals surface area contributed by atoms with E-state index in [0.717, 1.165) is 28.8 Å². The van der Waals surface area contributed by atoms with Gasteiger partial charge in [0.15, 0.2) is 6.10 Å². The minimum absolute atomic E-state index is 0.150. The number of H-pyrrole nitrogens is 1. The second-order valence-corrected chi connectivity index (χ2v) is 10.9. The van der Waals surface area contributed by atoms with Gasteiger partial charge in [0.25, 0.3) is 11.5 Å². The van der Waals surface area contributed by atoms with E-state index in [4.69, 9.17) is 4.98 Å². The van der Waals surface area contributed by atoms with Crippen molar-refractivity contribution < 1.29 is 9.90 Å². The minimum atomic E-state index is -1.27. The van der Waals surface area contributed by atoms with Gasteiger partial charge >= 0.3 is 0 Å². The highest BCUT2D eigenvalue weighted by atomic mass is 79.9. The summed E-state index contributed by atoms with van der Waals surface area (Å²) in [5.74, 6) is 0.764. The molecule has 1 atom stereocenters. The fourth-order valence-electron chi connectivity index (χ4n) is 5.01. The fourth-order valence-corrected chi connectivity index (χ4v) is 5.43. The van der Waals surface area contributed by atoms with Gasteiger partial charge in [-0.05, 0) is 60.4 Å². The smallest absolute Gasteiger partial charge is 0.256 e. The van der Waals surface area contributed by atoms with Crippen LogP contribution in [0.1, 0.15) is 78.9 Å². The van der Waals surface area contributed by atoms with Crippen molar-refractivity contribution in [1.82, 2.24) is 14.9 Å². The van der Waals surface area contributed by atoms with E-state index in [0.29, 0.717) is 36.4 Å². The number of carbonyl (C=O) groups is 1. The number of nitrogens with one attached hydrogen (secondary N) is 1. The van der Waals surface area contributed by atoms with Crippen LogP contribution in [0.15, 0.2) is 57.8 Å². The average molecular weight is 536 g/mol. The maximum Gasteiger partial charge on any atom is 0.256 e. The van der Waals surface area contributed by atoms with Crippen LogP contribution in [0.5, 0.6) is 0 Å². The Hall–Kier alpha value is -2.77. The number of nitrogens with zero attached hydrogens (tertiary/aromatic N) is 2. The van der Waals surface area contributed by atoms with Gasteiger partial charge in [0.05, 0.1) is 23.2 Å². The van der Waals surface area contributed by atoms with Gasteiger partial charge in [-0.25, -0.2) is 4.98 Å². The van der Waals surface area contributed by atoms with E-state index in [1.54, 1.807) is 23.1 Å². The first-order valence-corrected chi connectivity index (χ1v) is 13.0. The zero-order chi connectivity index (χ0) is 24.7. The number of aliphatic hydroxyl groups is 1. The molecular weight excluding hydrogens is 506 g/mol. The van der Waals surface area contributed by atoms with E-state index in [1.165, 1.54) is 11.1 Å². The lowest BCUT2D eigenvalue weighted by Crippen LogP contribution is -2.36. The lowest BCUT2D eigenvalue weighted by Gasteiger charge is -2.24. The Morgan fingerprint density at radius 3 is 2.60 bits per heavy atom. The normalized spacial score (nSPS) is 17.6.